The summed E-state index contributed by atoms with van der Waals surface area (Å²) < 4.78 is 5.27. The van der Waals surface area contributed by atoms with Gasteiger partial charge in [0.25, 0.3) is 0 Å². The normalized spacial score (nSPS) is 13.9. The van der Waals surface area contributed by atoms with Crippen molar-refractivity contribution in [1.29, 1.82) is 0 Å². The van der Waals surface area contributed by atoms with Crippen LogP contribution in [0.1, 0.15) is 78.6 Å². The van der Waals surface area contributed by atoms with Gasteiger partial charge < -0.3 is 9.84 Å². The average molecular weight is 244 g/mol. The van der Waals surface area contributed by atoms with E-state index >= 15 is 0 Å². The van der Waals surface area contributed by atoms with Gasteiger partial charge in [-0.05, 0) is 20.3 Å². The van der Waals surface area contributed by atoms with Crippen molar-refractivity contribution in [3.63, 3.8) is 0 Å². The molecule has 2 nitrogen and oxygen atoms in total. The molecule has 0 aliphatic heterocycles. The van der Waals surface area contributed by atoms with E-state index in [0.717, 1.165) is 12.8 Å². The molecule has 0 aromatic rings. The van der Waals surface area contributed by atoms with E-state index in [9.17, 15) is 5.11 Å². The molecule has 0 aliphatic rings. The summed E-state index contributed by atoms with van der Waals surface area (Å²) in [6.07, 6.45) is 11.0. The highest BCUT2D eigenvalue weighted by Gasteiger charge is 2.26. The molecule has 0 spiro atoms. The number of hydrogen-bond acceptors (Lipinski definition) is 2. The number of hydrogen-bond donors (Lipinski definition) is 1. The van der Waals surface area contributed by atoms with Crippen LogP contribution in [0, 0.1) is 0 Å². The molecule has 0 saturated carbocycles. The maximum atomic E-state index is 9.92. The molecule has 0 saturated heterocycles. The number of aliphatic hydroxyl groups is 1. The van der Waals surface area contributed by atoms with Crippen LogP contribution in [-0.2, 0) is 4.74 Å². The summed E-state index contributed by atoms with van der Waals surface area (Å²) in [6, 6.07) is 0. The van der Waals surface area contributed by atoms with Gasteiger partial charge in [0.1, 0.15) is 0 Å². The molecule has 0 radical (unpaired) electrons. The van der Waals surface area contributed by atoms with Crippen molar-refractivity contribution >= 4 is 0 Å². The maximum absolute atomic E-state index is 9.92. The molecule has 0 bridgehead atoms. The topological polar surface area (TPSA) is 29.5 Å². The molecule has 1 atom stereocenters. The van der Waals surface area contributed by atoms with Gasteiger partial charge >= 0.3 is 0 Å². The Hall–Kier alpha value is -0.0800. The lowest BCUT2D eigenvalue weighted by molar-refractivity contribution is -0.0807. The summed E-state index contributed by atoms with van der Waals surface area (Å²) in [5.74, 6) is 0. The monoisotopic (exact) mass is 244 g/mol. The second kappa shape index (κ2) is 9.90. The van der Waals surface area contributed by atoms with Gasteiger partial charge in [0.05, 0.1) is 11.7 Å². The molecule has 1 unspecified atom stereocenters. The summed E-state index contributed by atoms with van der Waals surface area (Å²) >= 11 is 0. The third kappa shape index (κ3) is 8.62. The molecule has 0 aromatic carbocycles. The van der Waals surface area contributed by atoms with Crippen LogP contribution in [0.25, 0.3) is 0 Å². The second-order valence-electron chi connectivity index (χ2n) is 5.59. The van der Waals surface area contributed by atoms with Gasteiger partial charge in [-0.25, -0.2) is 0 Å². The Balaban J connectivity index is 3.34. The van der Waals surface area contributed by atoms with Crippen LogP contribution in [-0.4, -0.2) is 23.9 Å². The number of aliphatic hydroxyl groups excluding tert-OH is 1. The third-order valence-corrected chi connectivity index (χ3v) is 3.66. The Bertz CT molecular complexity index is 166. The van der Waals surface area contributed by atoms with E-state index in [2.05, 4.69) is 6.92 Å². The lowest BCUT2D eigenvalue weighted by Gasteiger charge is -2.29. The summed E-state index contributed by atoms with van der Waals surface area (Å²) in [7, 11) is 1.66. The van der Waals surface area contributed by atoms with Gasteiger partial charge in [-0.3, -0.25) is 0 Å². The van der Waals surface area contributed by atoms with E-state index in [0.29, 0.717) is 0 Å². The fraction of sp³-hybridized carbons (Fsp3) is 1.00. The smallest absolute Gasteiger partial charge is 0.0880 e. The van der Waals surface area contributed by atoms with Gasteiger partial charge in [-0.1, -0.05) is 58.3 Å². The van der Waals surface area contributed by atoms with Gasteiger partial charge in [-0.15, -0.1) is 0 Å². The minimum atomic E-state index is -0.402. The van der Waals surface area contributed by atoms with Crippen molar-refractivity contribution in [3.05, 3.63) is 0 Å². The van der Waals surface area contributed by atoms with Crippen molar-refractivity contribution in [2.45, 2.75) is 90.3 Å². The third-order valence-electron chi connectivity index (χ3n) is 3.66. The van der Waals surface area contributed by atoms with Crippen LogP contribution < -0.4 is 0 Å². The van der Waals surface area contributed by atoms with Crippen molar-refractivity contribution in [2.24, 2.45) is 0 Å². The lowest BCUT2D eigenvalue weighted by atomic mass is 9.96. The van der Waals surface area contributed by atoms with Crippen LogP contribution in [0.5, 0.6) is 0 Å². The largest absolute Gasteiger partial charge is 0.390 e. The summed E-state index contributed by atoms with van der Waals surface area (Å²) in [4.78, 5) is 0. The Morgan fingerprint density at radius 2 is 1.41 bits per heavy atom. The predicted molar refractivity (Wildman–Crippen MR) is 74.3 cm³/mol. The molecular formula is C15H32O2. The van der Waals surface area contributed by atoms with Crippen LogP contribution in [0.3, 0.4) is 0 Å². The molecule has 0 amide bonds. The molecule has 2 heteroatoms. The van der Waals surface area contributed by atoms with E-state index in [1.165, 1.54) is 44.9 Å². The molecule has 0 rings (SSSR count). The zero-order valence-corrected chi connectivity index (χ0v) is 12.3. The summed E-state index contributed by atoms with van der Waals surface area (Å²) in [6.45, 7) is 6.14. The number of unbranched alkanes of at least 4 members (excludes halogenated alkanes) is 7. The standard InChI is InChI=1S/C15H32O2/c1-5-6-7-8-9-10-11-12-13-14(16)15(2,3)17-4/h14,16H,5-13H2,1-4H3. The molecule has 1 N–H and O–H groups in total. The molecule has 104 valence electrons. The number of methoxy groups -OCH3 is 1. The summed E-state index contributed by atoms with van der Waals surface area (Å²) in [5, 5.41) is 9.92. The predicted octanol–water partition coefficient (Wildman–Crippen LogP) is 4.30. The first-order valence-electron chi connectivity index (χ1n) is 7.27. The first-order valence-corrected chi connectivity index (χ1v) is 7.27. The van der Waals surface area contributed by atoms with E-state index in [1.807, 2.05) is 13.8 Å². The SMILES string of the molecule is CCCCCCCCCCC(O)C(C)(C)OC. The Labute approximate surface area is 108 Å². The van der Waals surface area contributed by atoms with E-state index in [-0.39, 0.29) is 6.10 Å². The van der Waals surface area contributed by atoms with Crippen LogP contribution in [0.15, 0.2) is 0 Å². The zero-order valence-electron chi connectivity index (χ0n) is 12.3. The van der Waals surface area contributed by atoms with Crippen LogP contribution in [0.2, 0.25) is 0 Å². The summed E-state index contributed by atoms with van der Waals surface area (Å²) in [5.41, 5.74) is -0.402. The molecule has 0 aliphatic carbocycles. The zero-order chi connectivity index (χ0) is 13.1. The molecule has 0 fully saturated rings. The highest BCUT2D eigenvalue weighted by Crippen LogP contribution is 2.19. The fourth-order valence-corrected chi connectivity index (χ4v) is 1.96. The first kappa shape index (κ1) is 16.9. The average Bonchev–Trinajstić information content (AvgIpc) is 2.32. The van der Waals surface area contributed by atoms with E-state index in [4.69, 9.17) is 4.74 Å². The Morgan fingerprint density at radius 3 is 1.88 bits per heavy atom. The number of ether oxygens (including phenoxy) is 1. The first-order chi connectivity index (χ1) is 8.04. The lowest BCUT2D eigenvalue weighted by Crippen LogP contribution is -2.37. The van der Waals surface area contributed by atoms with Gasteiger partial charge in [0.15, 0.2) is 0 Å². The number of rotatable bonds is 11. The Kier molecular flexibility index (Phi) is 9.85. The molecular weight excluding hydrogens is 212 g/mol. The van der Waals surface area contributed by atoms with E-state index < -0.39 is 5.60 Å². The van der Waals surface area contributed by atoms with Crippen LogP contribution in [0.4, 0.5) is 0 Å². The highest BCUT2D eigenvalue weighted by atomic mass is 16.5. The van der Waals surface area contributed by atoms with Crippen molar-refractivity contribution < 1.29 is 9.84 Å². The minimum absolute atomic E-state index is 0.340. The van der Waals surface area contributed by atoms with E-state index in [1.54, 1.807) is 7.11 Å². The Morgan fingerprint density at radius 1 is 0.941 bits per heavy atom. The molecule has 0 heterocycles. The van der Waals surface area contributed by atoms with Crippen molar-refractivity contribution in [2.75, 3.05) is 7.11 Å². The van der Waals surface area contributed by atoms with Crippen LogP contribution >= 0.6 is 0 Å². The maximum Gasteiger partial charge on any atom is 0.0880 e. The second-order valence-corrected chi connectivity index (χ2v) is 5.59. The fourth-order valence-electron chi connectivity index (χ4n) is 1.96. The highest BCUT2D eigenvalue weighted by molar-refractivity contribution is 4.78. The van der Waals surface area contributed by atoms with Crippen molar-refractivity contribution in [1.82, 2.24) is 0 Å². The quantitative estimate of drug-likeness (QED) is 0.549. The van der Waals surface area contributed by atoms with Gasteiger partial charge in [0, 0.05) is 7.11 Å². The van der Waals surface area contributed by atoms with Crippen molar-refractivity contribution in [3.8, 4) is 0 Å². The van der Waals surface area contributed by atoms with Gasteiger partial charge in [0.2, 0.25) is 0 Å². The minimum Gasteiger partial charge on any atom is -0.390 e. The molecule has 17 heavy (non-hydrogen) atoms. The van der Waals surface area contributed by atoms with Gasteiger partial charge in [-0.2, -0.15) is 0 Å². The molecule has 0 aromatic heterocycles.